The first-order valence-corrected chi connectivity index (χ1v) is 19.1. The van der Waals surface area contributed by atoms with Gasteiger partial charge < -0.3 is 39.0 Å². The van der Waals surface area contributed by atoms with Gasteiger partial charge >= 0.3 is 0 Å². The van der Waals surface area contributed by atoms with Crippen molar-refractivity contribution >= 4 is 53.1 Å². The van der Waals surface area contributed by atoms with E-state index in [-0.39, 0.29) is 35.2 Å². The highest BCUT2D eigenvalue weighted by Crippen LogP contribution is 2.44. The quantitative estimate of drug-likeness (QED) is 0.126. The number of benzene rings is 4. The van der Waals surface area contributed by atoms with E-state index in [0.29, 0.717) is 78.1 Å². The molecule has 0 radical (unpaired) electrons. The number of amides is 3. The number of rotatable bonds is 11. The molecule has 0 spiro atoms. The van der Waals surface area contributed by atoms with Gasteiger partial charge in [-0.2, -0.15) is 12.6 Å². The van der Waals surface area contributed by atoms with Crippen molar-refractivity contribution in [2.24, 2.45) is 0 Å². The highest BCUT2D eigenvalue weighted by molar-refractivity contribution is 7.81. The summed E-state index contributed by atoms with van der Waals surface area (Å²) in [4.78, 5) is 46.6. The lowest BCUT2D eigenvalue weighted by molar-refractivity contribution is -0.118. The highest BCUT2D eigenvalue weighted by Gasteiger charge is 2.43. The Labute approximate surface area is 320 Å². The van der Waals surface area contributed by atoms with Gasteiger partial charge in [0.2, 0.25) is 5.91 Å². The highest BCUT2D eigenvalue weighted by atomic mass is 32.1. The summed E-state index contributed by atoms with van der Waals surface area (Å²) < 4.78 is 23.8. The number of nitrogens with zero attached hydrogens (tertiary/aromatic N) is 3. The molecular formula is C42H44N4O7S. The molecule has 1 N–H and O–H groups in total. The van der Waals surface area contributed by atoms with Gasteiger partial charge in [0.1, 0.15) is 0 Å². The molecule has 4 heterocycles. The molecule has 3 atom stereocenters. The third-order valence-electron chi connectivity index (χ3n) is 10.8. The van der Waals surface area contributed by atoms with E-state index in [2.05, 4.69) is 11.4 Å². The number of anilines is 4. The Morgan fingerprint density at radius 1 is 0.741 bits per heavy atom. The molecule has 280 valence electrons. The molecule has 0 saturated carbocycles. The zero-order valence-electron chi connectivity index (χ0n) is 30.7. The molecular weight excluding hydrogens is 705 g/mol. The van der Waals surface area contributed by atoms with Crippen LogP contribution < -0.4 is 39.0 Å². The largest absolute Gasteiger partial charge is 0.493 e. The Morgan fingerprint density at radius 3 is 2.00 bits per heavy atom. The second-order valence-electron chi connectivity index (χ2n) is 14.0. The van der Waals surface area contributed by atoms with Crippen LogP contribution in [-0.4, -0.2) is 69.2 Å². The van der Waals surface area contributed by atoms with E-state index >= 15 is 0 Å². The molecule has 4 aromatic carbocycles. The third kappa shape index (κ3) is 6.25. The fourth-order valence-corrected chi connectivity index (χ4v) is 8.53. The average Bonchev–Trinajstić information content (AvgIpc) is 3.71. The van der Waals surface area contributed by atoms with E-state index < -0.39 is 0 Å². The number of fused-ring (bicyclic) bond motifs is 8. The summed E-state index contributed by atoms with van der Waals surface area (Å²) in [6.07, 6.45) is 4.05. The summed E-state index contributed by atoms with van der Waals surface area (Å²) in [7, 11) is 3.12. The van der Waals surface area contributed by atoms with Gasteiger partial charge in [-0.3, -0.25) is 14.4 Å². The molecule has 0 aromatic heterocycles. The number of para-hydroxylation sites is 2. The maximum atomic E-state index is 14.1. The van der Waals surface area contributed by atoms with Crippen molar-refractivity contribution in [3.8, 4) is 23.0 Å². The molecule has 0 saturated heterocycles. The molecule has 4 aromatic rings. The van der Waals surface area contributed by atoms with Crippen molar-refractivity contribution in [3.05, 3.63) is 95.1 Å². The second-order valence-corrected chi connectivity index (χ2v) is 14.6. The van der Waals surface area contributed by atoms with Gasteiger partial charge in [0.05, 0.1) is 67.4 Å². The summed E-state index contributed by atoms with van der Waals surface area (Å²) in [5.74, 6) is 1.67. The molecule has 8 rings (SSSR count). The van der Waals surface area contributed by atoms with Gasteiger partial charge in [0.25, 0.3) is 11.8 Å². The minimum Gasteiger partial charge on any atom is -0.493 e. The van der Waals surface area contributed by atoms with Gasteiger partial charge in [0, 0.05) is 36.5 Å². The number of hydrogen-bond acceptors (Lipinski definition) is 9. The predicted octanol–water partition coefficient (Wildman–Crippen LogP) is 6.91. The molecule has 0 fully saturated rings. The predicted molar refractivity (Wildman–Crippen MR) is 211 cm³/mol. The lowest BCUT2D eigenvalue weighted by atomic mass is 10.1. The molecule has 0 bridgehead atoms. The average molecular weight is 749 g/mol. The second kappa shape index (κ2) is 14.8. The van der Waals surface area contributed by atoms with Crippen LogP contribution in [0.2, 0.25) is 0 Å². The number of hydrogen-bond donors (Lipinski definition) is 2. The van der Waals surface area contributed by atoms with Gasteiger partial charge in [0.15, 0.2) is 23.0 Å². The smallest absolute Gasteiger partial charge is 0.260 e. The SMILES string of the molecule is CCC(=O)N1C[C@@H]2Cc3ccccc3N2C(=O)c2cc(OC)c(OCCCCCOc3cc4c(cc3OC)C(=O)N3c5ccccc5C[C@H]3[C@H](S)N4)cc21. The van der Waals surface area contributed by atoms with Crippen LogP contribution in [-0.2, 0) is 17.6 Å². The minimum absolute atomic E-state index is 0.0528. The fraction of sp³-hybridized carbons (Fsp3) is 0.357. The number of methoxy groups -OCH3 is 2. The summed E-state index contributed by atoms with van der Waals surface area (Å²) >= 11 is 4.86. The van der Waals surface area contributed by atoms with E-state index in [0.717, 1.165) is 48.2 Å². The van der Waals surface area contributed by atoms with Gasteiger partial charge in [-0.15, -0.1) is 0 Å². The lowest BCUT2D eigenvalue weighted by Crippen LogP contribution is -2.43. The molecule has 54 heavy (non-hydrogen) atoms. The molecule has 0 unspecified atom stereocenters. The standard InChI is InChI=1S/C42H44N4O7S/c1-4-39(47)44-24-27-18-25-12-6-8-14-31(25)45(27)42(49)29-21-36(51-3)38(23-33(29)44)53-17-11-5-10-16-52-37-22-30-28(20-35(37)50-2)41(48)46-32-15-9-7-13-26(32)19-34(46)40(54)43-30/h6-9,12-15,20-23,27,34,40,43,54H,4-5,10-11,16-19,24H2,1-3H3/t27-,34-,40-/m0/s1. The van der Waals surface area contributed by atoms with Crippen LogP contribution in [0.4, 0.5) is 22.7 Å². The monoisotopic (exact) mass is 748 g/mol. The maximum Gasteiger partial charge on any atom is 0.260 e. The third-order valence-corrected chi connectivity index (χ3v) is 11.3. The van der Waals surface area contributed by atoms with Crippen molar-refractivity contribution in [2.75, 3.05) is 54.0 Å². The molecule has 11 nitrogen and oxygen atoms in total. The van der Waals surface area contributed by atoms with Crippen molar-refractivity contribution in [3.63, 3.8) is 0 Å². The van der Waals surface area contributed by atoms with Crippen LogP contribution >= 0.6 is 12.6 Å². The Bertz CT molecular complexity index is 2120. The maximum absolute atomic E-state index is 14.1. The van der Waals surface area contributed by atoms with Crippen LogP contribution in [0.5, 0.6) is 23.0 Å². The number of ether oxygens (including phenoxy) is 4. The molecule has 3 amide bonds. The van der Waals surface area contributed by atoms with E-state index in [4.69, 9.17) is 31.6 Å². The van der Waals surface area contributed by atoms with E-state index in [1.165, 1.54) is 0 Å². The lowest BCUT2D eigenvalue weighted by Gasteiger charge is -2.26. The van der Waals surface area contributed by atoms with Crippen LogP contribution in [0.1, 0.15) is 64.4 Å². The normalized spacial score (nSPS) is 19.3. The number of carbonyl (C=O) groups is 3. The zero-order valence-corrected chi connectivity index (χ0v) is 31.6. The van der Waals surface area contributed by atoms with E-state index in [1.807, 2.05) is 65.3 Å². The van der Waals surface area contributed by atoms with Gasteiger partial charge in [-0.05, 0) is 67.5 Å². The first kappa shape index (κ1) is 35.7. The van der Waals surface area contributed by atoms with Crippen molar-refractivity contribution in [1.82, 2.24) is 0 Å². The molecule has 12 heteroatoms. The van der Waals surface area contributed by atoms with E-state index in [9.17, 15) is 14.4 Å². The van der Waals surface area contributed by atoms with Crippen LogP contribution in [0.25, 0.3) is 0 Å². The molecule has 0 aliphatic carbocycles. The van der Waals surface area contributed by atoms with E-state index in [1.54, 1.807) is 37.3 Å². The first-order chi connectivity index (χ1) is 26.3. The fourth-order valence-electron chi connectivity index (χ4n) is 8.15. The Morgan fingerprint density at radius 2 is 1.33 bits per heavy atom. The van der Waals surface area contributed by atoms with Crippen molar-refractivity contribution in [1.29, 1.82) is 0 Å². The summed E-state index contributed by atoms with van der Waals surface area (Å²) in [5, 5.41) is 3.17. The number of thiol groups is 1. The Kier molecular flexibility index (Phi) is 9.78. The first-order valence-electron chi connectivity index (χ1n) is 18.6. The van der Waals surface area contributed by atoms with Crippen molar-refractivity contribution < 1.29 is 33.3 Å². The number of unbranched alkanes of at least 4 members (excludes halogenated alkanes) is 2. The van der Waals surface area contributed by atoms with Gasteiger partial charge in [-0.1, -0.05) is 43.3 Å². The topological polar surface area (TPSA) is 110 Å². The number of nitrogens with one attached hydrogen (secondary N) is 1. The van der Waals surface area contributed by atoms with Crippen LogP contribution in [0.15, 0.2) is 72.8 Å². The van der Waals surface area contributed by atoms with Crippen LogP contribution in [0, 0.1) is 0 Å². The van der Waals surface area contributed by atoms with Gasteiger partial charge in [-0.25, -0.2) is 0 Å². The number of carbonyl (C=O) groups excluding carboxylic acids is 3. The molecule has 4 aliphatic rings. The Hall–Kier alpha value is -5.36. The summed E-state index contributed by atoms with van der Waals surface area (Å²) in [6, 6.07) is 22.7. The minimum atomic E-state index is -0.271. The summed E-state index contributed by atoms with van der Waals surface area (Å²) in [6.45, 7) is 3.08. The van der Waals surface area contributed by atoms with Crippen molar-refractivity contribution in [2.45, 2.75) is 62.9 Å². The Balaban J connectivity index is 0.908. The zero-order chi connectivity index (χ0) is 37.5. The molecule has 4 aliphatic heterocycles. The van der Waals surface area contributed by atoms with Crippen LogP contribution in [0.3, 0.4) is 0 Å². The summed E-state index contributed by atoms with van der Waals surface area (Å²) in [5.41, 5.74) is 6.18.